The van der Waals surface area contributed by atoms with Crippen LogP contribution >= 0.6 is 0 Å². The number of hydrogen-bond donors (Lipinski definition) is 1. The molecule has 1 N–H and O–H groups in total. The average Bonchev–Trinajstić information content (AvgIpc) is 2.85. The van der Waals surface area contributed by atoms with Crippen molar-refractivity contribution in [3.05, 3.63) is 29.3 Å². The van der Waals surface area contributed by atoms with E-state index in [1.807, 2.05) is 20.8 Å². The van der Waals surface area contributed by atoms with Crippen molar-refractivity contribution >= 4 is 23.5 Å². The van der Waals surface area contributed by atoms with Crippen LogP contribution in [0.15, 0.2) is 18.2 Å². The normalized spacial score (nSPS) is 18.6. The van der Waals surface area contributed by atoms with Gasteiger partial charge in [-0.05, 0) is 71.9 Å². The molecule has 0 unspecified atom stereocenters. The highest BCUT2D eigenvalue weighted by atomic mass is 16.2. The second-order valence-electron chi connectivity index (χ2n) is 8.45. The number of fused-ring (bicyclic) bond motifs is 1. The molecule has 1 aromatic rings. The van der Waals surface area contributed by atoms with E-state index in [1.54, 1.807) is 30.1 Å². The van der Waals surface area contributed by atoms with Crippen molar-refractivity contribution in [2.75, 3.05) is 32.5 Å². The van der Waals surface area contributed by atoms with Crippen LogP contribution in [-0.4, -0.2) is 71.3 Å². The molecule has 1 aromatic carbocycles. The van der Waals surface area contributed by atoms with Crippen LogP contribution < -0.4 is 5.32 Å². The maximum Gasteiger partial charge on any atom is 0.321 e. The second kappa shape index (κ2) is 6.96. The fourth-order valence-corrected chi connectivity index (χ4v) is 3.69. The number of hydrogen-bond acceptors (Lipinski definition) is 4. The first kappa shape index (κ1) is 19.4. The number of amides is 4. The van der Waals surface area contributed by atoms with E-state index in [0.29, 0.717) is 16.8 Å². The predicted molar refractivity (Wildman–Crippen MR) is 104 cm³/mol. The zero-order chi connectivity index (χ0) is 19.9. The molecule has 2 aliphatic heterocycles. The molecule has 0 aliphatic carbocycles. The number of benzene rings is 1. The fraction of sp³-hybridized carbons (Fsp3) is 0.550. The first-order valence-corrected chi connectivity index (χ1v) is 9.35. The quantitative estimate of drug-likeness (QED) is 0.810. The number of likely N-dealkylation sites (tertiary alicyclic amines) is 1. The lowest BCUT2D eigenvalue weighted by Crippen LogP contribution is -2.46. The number of rotatable bonds is 2. The topological polar surface area (TPSA) is 73.0 Å². The Kier molecular flexibility index (Phi) is 4.99. The molecule has 4 amide bonds. The third-order valence-corrected chi connectivity index (χ3v) is 5.36. The number of nitrogens with zero attached hydrogens (tertiary/aromatic N) is 3. The molecule has 7 nitrogen and oxygen atoms in total. The van der Waals surface area contributed by atoms with Crippen LogP contribution in [0.4, 0.5) is 10.5 Å². The van der Waals surface area contributed by atoms with Gasteiger partial charge in [-0.15, -0.1) is 0 Å². The van der Waals surface area contributed by atoms with Crippen molar-refractivity contribution in [2.45, 2.75) is 45.2 Å². The summed E-state index contributed by atoms with van der Waals surface area (Å²) >= 11 is 0. The van der Waals surface area contributed by atoms with Crippen molar-refractivity contribution in [3.63, 3.8) is 0 Å². The standard InChI is InChI=1S/C20H28N4O3/c1-20(2,3)24-17(25)15-7-6-13(12-16(15)18(24)26)21-19(27)23(5)14-8-10-22(4)11-9-14/h6-7,12,14H,8-11H2,1-5H3,(H,21,27). The molecule has 2 heterocycles. The fourth-order valence-electron chi connectivity index (χ4n) is 3.69. The van der Waals surface area contributed by atoms with Crippen LogP contribution in [0.5, 0.6) is 0 Å². The minimum atomic E-state index is -0.592. The summed E-state index contributed by atoms with van der Waals surface area (Å²) in [6.07, 6.45) is 1.89. The molecule has 7 heteroatoms. The van der Waals surface area contributed by atoms with E-state index < -0.39 is 5.54 Å². The van der Waals surface area contributed by atoms with Gasteiger partial charge < -0.3 is 15.1 Å². The Hall–Kier alpha value is -2.41. The molecule has 0 saturated carbocycles. The number of imide groups is 1. The molecular formula is C20H28N4O3. The molecule has 27 heavy (non-hydrogen) atoms. The van der Waals surface area contributed by atoms with Gasteiger partial charge in [-0.2, -0.15) is 0 Å². The van der Waals surface area contributed by atoms with Crippen LogP contribution in [0.3, 0.4) is 0 Å². The minimum absolute atomic E-state index is 0.200. The molecule has 1 fully saturated rings. The lowest BCUT2D eigenvalue weighted by Gasteiger charge is -2.35. The molecule has 0 radical (unpaired) electrons. The Morgan fingerprint density at radius 3 is 2.30 bits per heavy atom. The lowest BCUT2D eigenvalue weighted by molar-refractivity contribution is 0.0507. The van der Waals surface area contributed by atoms with Crippen molar-refractivity contribution in [1.82, 2.24) is 14.7 Å². The van der Waals surface area contributed by atoms with E-state index in [2.05, 4.69) is 17.3 Å². The maximum absolute atomic E-state index is 12.7. The molecule has 146 valence electrons. The van der Waals surface area contributed by atoms with Gasteiger partial charge in [0.25, 0.3) is 11.8 Å². The number of urea groups is 1. The molecule has 3 rings (SSSR count). The molecule has 0 bridgehead atoms. The summed E-state index contributed by atoms with van der Waals surface area (Å²) < 4.78 is 0. The Morgan fingerprint density at radius 2 is 1.70 bits per heavy atom. The Morgan fingerprint density at radius 1 is 1.11 bits per heavy atom. The number of anilines is 1. The van der Waals surface area contributed by atoms with E-state index in [1.165, 1.54) is 4.90 Å². The van der Waals surface area contributed by atoms with Crippen LogP contribution in [0, 0.1) is 0 Å². The van der Waals surface area contributed by atoms with E-state index in [-0.39, 0.29) is 23.9 Å². The highest BCUT2D eigenvalue weighted by molar-refractivity contribution is 6.22. The SMILES string of the molecule is CN1CCC(N(C)C(=O)Nc2ccc3c(c2)C(=O)N(C(C)(C)C)C3=O)CC1. The lowest BCUT2D eigenvalue weighted by atomic mass is 10.0. The van der Waals surface area contributed by atoms with Crippen LogP contribution in [0.1, 0.15) is 54.3 Å². The zero-order valence-electron chi connectivity index (χ0n) is 16.7. The van der Waals surface area contributed by atoms with Gasteiger partial charge in [0.2, 0.25) is 0 Å². The van der Waals surface area contributed by atoms with Crippen molar-refractivity contribution in [3.8, 4) is 0 Å². The first-order valence-electron chi connectivity index (χ1n) is 9.35. The van der Waals surface area contributed by atoms with Crippen molar-refractivity contribution in [2.24, 2.45) is 0 Å². The van der Waals surface area contributed by atoms with Gasteiger partial charge in [-0.3, -0.25) is 14.5 Å². The van der Waals surface area contributed by atoms with Gasteiger partial charge in [-0.1, -0.05) is 0 Å². The maximum atomic E-state index is 12.7. The van der Waals surface area contributed by atoms with E-state index >= 15 is 0 Å². The smallest absolute Gasteiger partial charge is 0.321 e. The summed E-state index contributed by atoms with van der Waals surface area (Å²) in [4.78, 5) is 43.1. The van der Waals surface area contributed by atoms with Crippen molar-refractivity contribution in [1.29, 1.82) is 0 Å². The van der Waals surface area contributed by atoms with E-state index in [4.69, 9.17) is 0 Å². The van der Waals surface area contributed by atoms with Crippen molar-refractivity contribution < 1.29 is 14.4 Å². The number of piperidine rings is 1. The molecule has 0 atom stereocenters. The third kappa shape index (κ3) is 3.69. The summed E-state index contributed by atoms with van der Waals surface area (Å²) in [5.74, 6) is -0.605. The van der Waals surface area contributed by atoms with Gasteiger partial charge in [0.1, 0.15) is 0 Å². The molecule has 1 saturated heterocycles. The summed E-state index contributed by atoms with van der Waals surface area (Å²) in [5.41, 5.74) is 0.659. The van der Waals surface area contributed by atoms with Gasteiger partial charge in [-0.25, -0.2) is 4.79 Å². The highest BCUT2D eigenvalue weighted by Crippen LogP contribution is 2.31. The molecule has 0 aromatic heterocycles. The van der Waals surface area contributed by atoms with Crippen LogP contribution in [0.25, 0.3) is 0 Å². The van der Waals surface area contributed by atoms with E-state index in [9.17, 15) is 14.4 Å². The summed E-state index contributed by atoms with van der Waals surface area (Å²) in [6.45, 7) is 7.43. The van der Waals surface area contributed by atoms with Gasteiger partial charge in [0, 0.05) is 24.3 Å². The first-order chi connectivity index (χ1) is 12.6. The van der Waals surface area contributed by atoms with Crippen LogP contribution in [-0.2, 0) is 0 Å². The molecule has 0 spiro atoms. The van der Waals surface area contributed by atoms with E-state index in [0.717, 1.165) is 25.9 Å². The largest absolute Gasteiger partial charge is 0.325 e. The Balaban J connectivity index is 1.73. The van der Waals surface area contributed by atoms with Gasteiger partial charge in [0.05, 0.1) is 11.1 Å². The van der Waals surface area contributed by atoms with Gasteiger partial charge >= 0.3 is 6.03 Å². The third-order valence-electron chi connectivity index (χ3n) is 5.36. The summed E-state index contributed by atoms with van der Waals surface area (Å²) in [6, 6.07) is 4.90. The average molecular weight is 372 g/mol. The Bertz CT molecular complexity index is 776. The monoisotopic (exact) mass is 372 g/mol. The summed E-state index contributed by atoms with van der Waals surface area (Å²) in [5, 5.41) is 2.86. The number of carbonyl (C=O) groups is 3. The predicted octanol–water partition coefficient (Wildman–Crippen LogP) is 2.64. The number of carbonyl (C=O) groups excluding carboxylic acids is 3. The summed E-state index contributed by atoms with van der Waals surface area (Å²) in [7, 11) is 3.88. The number of nitrogens with one attached hydrogen (secondary N) is 1. The zero-order valence-corrected chi connectivity index (χ0v) is 16.7. The Labute approximate surface area is 160 Å². The molecule has 2 aliphatic rings. The molecular weight excluding hydrogens is 344 g/mol. The highest BCUT2D eigenvalue weighted by Gasteiger charge is 2.42. The minimum Gasteiger partial charge on any atom is -0.325 e. The second-order valence-corrected chi connectivity index (χ2v) is 8.45. The van der Waals surface area contributed by atoms with Gasteiger partial charge in [0.15, 0.2) is 0 Å². The van der Waals surface area contributed by atoms with Crippen LogP contribution in [0.2, 0.25) is 0 Å².